The molecule has 0 saturated heterocycles. The quantitative estimate of drug-likeness (QED) is 0.826. The largest absolute Gasteiger partial charge is 0.497 e. The lowest BCUT2D eigenvalue weighted by Gasteiger charge is -2.21. The Morgan fingerprint density at radius 2 is 2.10 bits per heavy atom. The van der Waals surface area contributed by atoms with Crippen LogP contribution in [0.3, 0.4) is 0 Å². The number of benzene rings is 1. The maximum Gasteiger partial charge on any atom is 0.142 e. The van der Waals surface area contributed by atoms with Crippen LogP contribution >= 0.6 is 0 Å². The lowest BCUT2D eigenvalue weighted by molar-refractivity contribution is 0.135. The fourth-order valence-corrected chi connectivity index (χ4v) is 2.14. The van der Waals surface area contributed by atoms with Gasteiger partial charge in [-0.2, -0.15) is 0 Å². The van der Waals surface area contributed by atoms with E-state index in [9.17, 15) is 0 Å². The molecule has 1 unspecified atom stereocenters. The van der Waals surface area contributed by atoms with E-state index in [1.165, 1.54) is 0 Å². The van der Waals surface area contributed by atoms with E-state index in [1.54, 1.807) is 6.26 Å². The molecule has 0 radical (unpaired) electrons. The van der Waals surface area contributed by atoms with Crippen molar-refractivity contribution in [2.75, 3.05) is 25.1 Å². The number of hydrogen-bond acceptors (Lipinski definition) is 4. The summed E-state index contributed by atoms with van der Waals surface area (Å²) in [5.74, 6) is 1.70. The molecule has 4 nitrogen and oxygen atoms in total. The fourth-order valence-electron chi connectivity index (χ4n) is 2.14. The van der Waals surface area contributed by atoms with E-state index in [2.05, 4.69) is 11.4 Å². The van der Waals surface area contributed by atoms with Crippen LogP contribution in [0.25, 0.3) is 0 Å². The molecule has 1 aliphatic heterocycles. The molecule has 0 amide bonds. The molecule has 0 aromatic heterocycles. The van der Waals surface area contributed by atoms with Gasteiger partial charge in [-0.1, -0.05) is 0 Å². The van der Waals surface area contributed by atoms with Crippen LogP contribution in [0.1, 0.15) is 26.7 Å². The summed E-state index contributed by atoms with van der Waals surface area (Å²) in [7, 11) is 0. The zero-order valence-electron chi connectivity index (χ0n) is 12.2. The Kier molecular flexibility index (Phi) is 5.59. The third kappa shape index (κ3) is 4.08. The van der Waals surface area contributed by atoms with Gasteiger partial charge in [0.1, 0.15) is 17.6 Å². The zero-order chi connectivity index (χ0) is 14.2. The lowest BCUT2D eigenvalue weighted by Crippen LogP contribution is -2.23. The molecular weight excluding hydrogens is 254 g/mol. The van der Waals surface area contributed by atoms with Crippen LogP contribution < -0.4 is 14.8 Å². The summed E-state index contributed by atoms with van der Waals surface area (Å²) in [4.78, 5) is 0. The van der Waals surface area contributed by atoms with Gasteiger partial charge in [0.2, 0.25) is 0 Å². The van der Waals surface area contributed by atoms with Crippen molar-refractivity contribution < 1.29 is 14.2 Å². The van der Waals surface area contributed by atoms with E-state index in [1.807, 2.05) is 32.0 Å². The fraction of sp³-hybridized carbons (Fsp3) is 0.500. The molecule has 2 rings (SSSR count). The monoisotopic (exact) mass is 277 g/mol. The molecule has 1 aromatic carbocycles. The zero-order valence-corrected chi connectivity index (χ0v) is 12.2. The Bertz CT molecular complexity index is 445. The summed E-state index contributed by atoms with van der Waals surface area (Å²) in [6.45, 7) is 6.02. The smallest absolute Gasteiger partial charge is 0.142 e. The van der Waals surface area contributed by atoms with Crippen LogP contribution in [0.5, 0.6) is 11.5 Å². The number of nitrogens with one attached hydrogen (secondary N) is 1. The highest BCUT2D eigenvalue weighted by Gasteiger charge is 2.12. The topological polar surface area (TPSA) is 39.7 Å². The maximum absolute atomic E-state index is 5.64. The summed E-state index contributed by atoms with van der Waals surface area (Å²) in [5.41, 5.74) is 0.955. The molecule has 0 saturated carbocycles. The van der Waals surface area contributed by atoms with Crippen molar-refractivity contribution in [3.63, 3.8) is 0 Å². The van der Waals surface area contributed by atoms with Gasteiger partial charge in [-0.15, -0.1) is 0 Å². The van der Waals surface area contributed by atoms with Gasteiger partial charge in [-0.3, -0.25) is 0 Å². The average Bonchev–Trinajstić information content (AvgIpc) is 2.49. The van der Waals surface area contributed by atoms with Gasteiger partial charge in [0.15, 0.2) is 0 Å². The number of anilines is 1. The van der Waals surface area contributed by atoms with Crippen molar-refractivity contribution in [2.24, 2.45) is 0 Å². The van der Waals surface area contributed by atoms with Crippen LogP contribution in [0.2, 0.25) is 0 Å². The first-order valence-electron chi connectivity index (χ1n) is 7.27. The van der Waals surface area contributed by atoms with Gasteiger partial charge in [0, 0.05) is 6.07 Å². The molecule has 1 N–H and O–H groups in total. The summed E-state index contributed by atoms with van der Waals surface area (Å²) >= 11 is 0. The number of ether oxygens (including phenoxy) is 3. The van der Waals surface area contributed by atoms with E-state index >= 15 is 0 Å². The van der Waals surface area contributed by atoms with Crippen LogP contribution in [0.4, 0.5) is 5.69 Å². The Morgan fingerprint density at radius 3 is 2.80 bits per heavy atom. The second-order valence-corrected chi connectivity index (χ2v) is 4.61. The predicted octanol–water partition coefficient (Wildman–Crippen LogP) is 3.59. The second-order valence-electron chi connectivity index (χ2n) is 4.61. The molecule has 110 valence electrons. The lowest BCUT2D eigenvalue weighted by atomic mass is 10.1. The van der Waals surface area contributed by atoms with Crippen LogP contribution in [0.15, 0.2) is 30.5 Å². The van der Waals surface area contributed by atoms with Gasteiger partial charge < -0.3 is 19.5 Å². The van der Waals surface area contributed by atoms with E-state index < -0.39 is 0 Å². The van der Waals surface area contributed by atoms with Crippen LogP contribution in [0, 0.1) is 0 Å². The molecule has 0 aliphatic carbocycles. The van der Waals surface area contributed by atoms with Gasteiger partial charge in [0.05, 0.1) is 31.7 Å². The third-order valence-corrected chi connectivity index (χ3v) is 3.10. The minimum Gasteiger partial charge on any atom is -0.497 e. The van der Waals surface area contributed by atoms with Gasteiger partial charge in [0.25, 0.3) is 0 Å². The minimum atomic E-state index is 0.213. The molecule has 1 aromatic rings. The van der Waals surface area contributed by atoms with Crippen molar-refractivity contribution in [3.05, 3.63) is 30.5 Å². The van der Waals surface area contributed by atoms with Crippen molar-refractivity contribution in [1.29, 1.82) is 0 Å². The van der Waals surface area contributed by atoms with Gasteiger partial charge in [-0.25, -0.2) is 0 Å². The molecule has 0 spiro atoms. The molecular formula is C16H23NO3. The Hall–Kier alpha value is -1.84. The summed E-state index contributed by atoms with van der Waals surface area (Å²) < 4.78 is 16.7. The van der Waals surface area contributed by atoms with E-state index in [4.69, 9.17) is 14.2 Å². The highest BCUT2D eigenvalue weighted by Crippen LogP contribution is 2.29. The third-order valence-electron chi connectivity index (χ3n) is 3.10. The van der Waals surface area contributed by atoms with Crippen molar-refractivity contribution >= 4 is 5.69 Å². The van der Waals surface area contributed by atoms with E-state index in [0.29, 0.717) is 13.2 Å². The van der Waals surface area contributed by atoms with Crippen molar-refractivity contribution in [2.45, 2.75) is 32.8 Å². The number of hydrogen-bond donors (Lipinski definition) is 1. The number of rotatable bonds is 7. The molecule has 20 heavy (non-hydrogen) atoms. The molecule has 1 heterocycles. The first-order chi connectivity index (χ1) is 9.83. The second kappa shape index (κ2) is 7.68. The minimum absolute atomic E-state index is 0.213. The standard InChI is InChI=1S/C16H23NO3/c1-3-18-13-8-9-16(19-4-2)15(11-13)17-12-14-7-5-6-10-20-14/h6,8-11,14,17H,3-5,7,12H2,1-2H3. The Labute approximate surface area is 120 Å². The Balaban J connectivity index is 2.02. The predicted molar refractivity (Wildman–Crippen MR) is 80.5 cm³/mol. The van der Waals surface area contributed by atoms with Crippen LogP contribution in [-0.4, -0.2) is 25.9 Å². The summed E-state index contributed by atoms with van der Waals surface area (Å²) in [6, 6.07) is 5.85. The molecule has 1 aliphatic rings. The summed E-state index contributed by atoms with van der Waals surface area (Å²) in [6.07, 6.45) is 6.17. The average molecular weight is 277 g/mol. The maximum atomic E-state index is 5.64. The molecule has 0 bridgehead atoms. The summed E-state index contributed by atoms with van der Waals surface area (Å²) in [5, 5.41) is 3.40. The van der Waals surface area contributed by atoms with Crippen molar-refractivity contribution in [3.8, 4) is 11.5 Å². The highest BCUT2D eigenvalue weighted by molar-refractivity contribution is 5.59. The SMILES string of the molecule is CCOc1ccc(OCC)c(NCC2CCC=CO2)c1. The normalized spacial score (nSPS) is 17.4. The first-order valence-corrected chi connectivity index (χ1v) is 7.27. The Morgan fingerprint density at radius 1 is 1.25 bits per heavy atom. The molecule has 4 heteroatoms. The van der Waals surface area contributed by atoms with Gasteiger partial charge >= 0.3 is 0 Å². The molecule has 0 fully saturated rings. The van der Waals surface area contributed by atoms with Crippen LogP contribution in [-0.2, 0) is 4.74 Å². The number of allylic oxidation sites excluding steroid dienone is 1. The highest BCUT2D eigenvalue weighted by atomic mass is 16.5. The van der Waals surface area contributed by atoms with E-state index in [0.717, 1.165) is 36.6 Å². The van der Waals surface area contributed by atoms with E-state index in [-0.39, 0.29) is 6.10 Å². The van der Waals surface area contributed by atoms with Crippen molar-refractivity contribution in [1.82, 2.24) is 0 Å². The molecule has 1 atom stereocenters. The van der Waals surface area contributed by atoms with Gasteiger partial charge in [-0.05, 0) is 44.9 Å². The first kappa shape index (κ1) is 14.6.